The maximum absolute atomic E-state index is 8.57. The van der Waals surface area contributed by atoms with Crippen molar-refractivity contribution in [1.82, 2.24) is 4.98 Å². The largest absolute Gasteiger partial charge is 0.399 e. The number of rotatable bonds is 0. The number of aromatic nitrogens is 1. The number of anilines is 1. The third-order valence-electron chi connectivity index (χ3n) is 1.51. The molecule has 0 bridgehead atoms. The lowest BCUT2D eigenvalue weighted by atomic mass is 10.3. The molecule has 1 aromatic heterocycles. The van der Waals surface area contributed by atoms with E-state index in [4.69, 9.17) is 11.0 Å². The van der Waals surface area contributed by atoms with E-state index in [1.165, 1.54) is 11.3 Å². The SMILES string of the molecule is N#Cc1nc2cc(N)ccc2s1. The summed E-state index contributed by atoms with van der Waals surface area (Å²) in [6.45, 7) is 0. The molecule has 0 aliphatic heterocycles. The number of nitrogen functional groups attached to an aromatic ring is 1. The van der Waals surface area contributed by atoms with E-state index in [0.717, 1.165) is 10.2 Å². The molecule has 0 radical (unpaired) electrons. The van der Waals surface area contributed by atoms with Gasteiger partial charge in [0.2, 0.25) is 0 Å². The van der Waals surface area contributed by atoms with E-state index in [-0.39, 0.29) is 0 Å². The van der Waals surface area contributed by atoms with E-state index in [0.29, 0.717) is 10.7 Å². The van der Waals surface area contributed by atoms with E-state index in [1.54, 1.807) is 6.07 Å². The molecule has 1 aromatic carbocycles. The van der Waals surface area contributed by atoms with E-state index < -0.39 is 0 Å². The van der Waals surface area contributed by atoms with Gasteiger partial charge in [0.1, 0.15) is 6.07 Å². The van der Waals surface area contributed by atoms with Gasteiger partial charge in [0.15, 0.2) is 5.01 Å². The van der Waals surface area contributed by atoms with E-state index in [1.807, 2.05) is 18.2 Å². The maximum Gasteiger partial charge on any atom is 0.195 e. The van der Waals surface area contributed by atoms with Gasteiger partial charge in [-0.15, -0.1) is 11.3 Å². The molecule has 0 saturated carbocycles. The molecule has 1 heterocycles. The van der Waals surface area contributed by atoms with Crippen molar-refractivity contribution < 1.29 is 0 Å². The van der Waals surface area contributed by atoms with Crippen molar-refractivity contribution in [1.29, 1.82) is 5.26 Å². The lowest BCUT2D eigenvalue weighted by Crippen LogP contribution is -1.82. The number of thiazole rings is 1. The zero-order valence-corrected chi connectivity index (χ0v) is 6.93. The summed E-state index contributed by atoms with van der Waals surface area (Å²) in [7, 11) is 0. The van der Waals surface area contributed by atoms with Gasteiger partial charge in [-0.05, 0) is 18.2 Å². The lowest BCUT2D eigenvalue weighted by Gasteiger charge is -1.88. The number of nitriles is 1. The topological polar surface area (TPSA) is 62.7 Å². The van der Waals surface area contributed by atoms with Gasteiger partial charge in [-0.3, -0.25) is 0 Å². The third kappa shape index (κ3) is 1.00. The third-order valence-corrected chi connectivity index (χ3v) is 2.45. The van der Waals surface area contributed by atoms with Gasteiger partial charge in [0.05, 0.1) is 10.2 Å². The summed E-state index contributed by atoms with van der Waals surface area (Å²) in [4.78, 5) is 4.07. The molecule has 3 nitrogen and oxygen atoms in total. The fraction of sp³-hybridized carbons (Fsp3) is 0. The molecule has 0 fully saturated rings. The van der Waals surface area contributed by atoms with Crippen LogP contribution in [0, 0.1) is 11.3 Å². The fourth-order valence-corrected chi connectivity index (χ4v) is 1.74. The van der Waals surface area contributed by atoms with Crippen LogP contribution in [0.1, 0.15) is 5.01 Å². The van der Waals surface area contributed by atoms with Crippen LogP contribution < -0.4 is 5.73 Å². The van der Waals surface area contributed by atoms with Gasteiger partial charge in [-0.1, -0.05) is 0 Å². The van der Waals surface area contributed by atoms with Crippen LogP contribution in [0.15, 0.2) is 18.2 Å². The Labute approximate surface area is 73.1 Å². The van der Waals surface area contributed by atoms with E-state index >= 15 is 0 Å². The Bertz CT molecular complexity index is 467. The monoisotopic (exact) mass is 175 g/mol. The second-order valence-corrected chi connectivity index (χ2v) is 3.39. The maximum atomic E-state index is 8.57. The standard InChI is InChI=1S/C8H5N3S/c9-4-8-11-6-3-5(10)1-2-7(6)12-8/h1-3H,10H2. The van der Waals surface area contributed by atoms with Crippen LogP contribution in [0.2, 0.25) is 0 Å². The minimum Gasteiger partial charge on any atom is -0.399 e. The highest BCUT2D eigenvalue weighted by Gasteiger charge is 2.01. The summed E-state index contributed by atoms with van der Waals surface area (Å²) in [6, 6.07) is 7.46. The van der Waals surface area contributed by atoms with Gasteiger partial charge in [0.25, 0.3) is 0 Å². The first kappa shape index (κ1) is 7.07. The zero-order chi connectivity index (χ0) is 8.55. The predicted octanol–water partition coefficient (Wildman–Crippen LogP) is 1.75. The van der Waals surface area contributed by atoms with Gasteiger partial charge in [0, 0.05) is 5.69 Å². The molecule has 12 heavy (non-hydrogen) atoms. The Morgan fingerprint density at radius 1 is 1.50 bits per heavy atom. The molecule has 58 valence electrons. The van der Waals surface area contributed by atoms with Crippen LogP contribution in [0.3, 0.4) is 0 Å². The van der Waals surface area contributed by atoms with Crippen LogP contribution in [0.4, 0.5) is 5.69 Å². The van der Waals surface area contributed by atoms with Gasteiger partial charge in [-0.2, -0.15) is 5.26 Å². The van der Waals surface area contributed by atoms with Crippen molar-refractivity contribution in [2.24, 2.45) is 0 Å². The summed E-state index contributed by atoms with van der Waals surface area (Å²) >= 11 is 1.38. The number of nitrogens with two attached hydrogens (primary N) is 1. The van der Waals surface area contributed by atoms with Crippen molar-refractivity contribution in [3.05, 3.63) is 23.2 Å². The molecule has 0 unspecified atom stereocenters. The van der Waals surface area contributed by atoms with Crippen LogP contribution in [0.25, 0.3) is 10.2 Å². The number of hydrogen-bond donors (Lipinski definition) is 1. The predicted molar refractivity (Wildman–Crippen MR) is 48.7 cm³/mol. The molecule has 0 atom stereocenters. The molecule has 2 rings (SSSR count). The smallest absolute Gasteiger partial charge is 0.195 e. The first-order chi connectivity index (χ1) is 5.79. The summed E-state index contributed by atoms with van der Waals surface area (Å²) in [5.74, 6) is 0. The Morgan fingerprint density at radius 2 is 2.33 bits per heavy atom. The summed E-state index contributed by atoms with van der Waals surface area (Å²) in [6.07, 6.45) is 0. The molecule has 0 saturated heterocycles. The molecule has 2 N–H and O–H groups in total. The first-order valence-corrected chi connectivity index (χ1v) is 4.17. The second-order valence-electron chi connectivity index (χ2n) is 2.36. The summed E-state index contributed by atoms with van der Waals surface area (Å²) in [5.41, 5.74) is 7.04. The molecule has 2 aromatic rings. The van der Waals surface area contributed by atoms with Crippen LogP contribution in [0.5, 0.6) is 0 Å². The normalized spacial score (nSPS) is 9.92. The average molecular weight is 175 g/mol. The molecule has 0 spiro atoms. The molecule has 4 heteroatoms. The highest BCUT2D eigenvalue weighted by Crippen LogP contribution is 2.22. The van der Waals surface area contributed by atoms with Crippen molar-refractivity contribution in [3.63, 3.8) is 0 Å². The minimum atomic E-state index is 0.482. The number of hydrogen-bond acceptors (Lipinski definition) is 4. The van der Waals surface area contributed by atoms with Gasteiger partial charge < -0.3 is 5.73 Å². The Balaban J connectivity index is 2.77. The average Bonchev–Trinajstić information content (AvgIpc) is 2.46. The summed E-state index contributed by atoms with van der Waals surface area (Å²) < 4.78 is 1.00. The van der Waals surface area contributed by atoms with Crippen LogP contribution in [-0.4, -0.2) is 4.98 Å². The minimum absolute atomic E-state index is 0.482. The Kier molecular flexibility index (Phi) is 1.45. The molecule has 0 aliphatic rings. The number of fused-ring (bicyclic) bond motifs is 1. The van der Waals surface area contributed by atoms with Crippen LogP contribution >= 0.6 is 11.3 Å². The molecule has 0 amide bonds. The fourth-order valence-electron chi connectivity index (χ4n) is 0.992. The highest BCUT2D eigenvalue weighted by molar-refractivity contribution is 7.19. The van der Waals surface area contributed by atoms with Crippen molar-refractivity contribution in [2.45, 2.75) is 0 Å². The zero-order valence-electron chi connectivity index (χ0n) is 6.11. The Hall–Kier alpha value is -1.60. The molecule has 0 aliphatic carbocycles. The van der Waals surface area contributed by atoms with Crippen molar-refractivity contribution >= 4 is 27.2 Å². The summed E-state index contributed by atoms with van der Waals surface area (Å²) in [5, 5.41) is 9.06. The van der Waals surface area contributed by atoms with E-state index in [9.17, 15) is 0 Å². The Morgan fingerprint density at radius 3 is 3.08 bits per heavy atom. The molecular formula is C8H5N3S. The quantitative estimate of drug-likeness (QED) is 0.620. The number of benzene rings is 1. The first-order valence-electron chi connectivity index (χ1n) is 3.36. The van der Waals surface area contributed by atoms with Gasteiger partial charge >= 0.3 is 0 Å². The van der Waals surface area contributed by atoms with Crippen molar-refractivity contribution in [3.8, 4) is 6.07 Å². The number of nitrogens with zero attached hydrogens (tertiary/aromatic N) is 2. The highest BCUT2D eigenvalue weighted by atomic mass is 32.1. The molecular weight excluding hydrogens is 170 g/mol. The lowest BCUT2D eigenvalue weighted by molar-refractivity contribution is 1.40. The van der Waals surface area contributed by atoms with Gasteiger partial charge in [-0.25, -0.2) is 4.98 Å². The van der Waals surface area contributed by atoms with Crippen molar-refractivity contribution in [2.75, 3.05) is 5.73 Å². The second kappa shape index (κ2) is 2.47. The van der Waals surface area contributed by atoms with E-state index in [2.05, 4.69) is 4.98 Å². The van der Waals surface area contributed by atoms with Crippen LogP contribution in [-0.2, 0) is 0 Å².